The van der Waals surface area contributed by atoms with Crippen molar-refractivity contribution in [3.05, 3.63) is 53.4 Å². The molecule has 0 aliphatic carbocycles. The molecule has 29 heavy (non-hydrogen) atoms. The highest BCUT2D eigenvalue weighted by atomic mass is 19.1. The fourth-order valence-electron chi connectivity index (χ4n) is 4.60. The Bertz CT molecular complexity index is 766. The summed E-state index contributed by atoms with van der Waals surface area (Å²) in [6.07, 6.45) is 6.91. The van der Waals surface area contributed by atoms with Crippen molar-refractivity contribution >= 4 is 0 Å². The summed E-state index contributed by atoms with van der Waals surface area (Å²) >= 11 is 0. The predicted molar refractivity (Wildman–Crippen MR) is 112 cm³/mol. The normalized spacial score (nSPS) is 21.3. The van der Waals surface area contributed by atoms with E-state index in [1.54, 1.807) is 12.1 Å². The summed E-state index contributed by atoms with van der Waals surface area (Å²) in [6.45, 7) is 8.63. The summed E-state index contributed by atoms with van der Waals surface area (Å²) in [5, 5.41) is 0. The molecule has 2 aromatic rings. The van der Waals surface area contributed by atoms with Gasteiger partial charge < -0.3 is 9.72 Å². The van der Waals surface area contributed by atoms with Crippen LogP contribution in [0, 0.1) is 18.7 Å². The number of piperidine rings is 1. The zero-order valence-electron chi connectivity index (χ0n) is 17.4. The second kappa shape index (κ2) is 9.83. The molecule has 3 heterocycles. The Morgan fingerprint density at radius 1 is 1.21 bits per heavy atom. The van der Waals surface area contributed by atoms with E-state index in [1.807, 2.05) is 25.3 Å². The SMILES string of the molecule is Cc1cnc(CN(CC2CCN(Cc3ccccc3F)CC2)C[C@H]2CCCO2)[nH]1. The maximum atomic E-state index is 13.9. The van der Waals surface area contributed by atoms with Crippen LogP contribution in [0.25, 0.3) is 0 Å². The Kier molecular flexibility index (Phi) is 6.95. The Morgan fingerprint density at radius 3 is 2.72 bits per heavy atom. The predicted octanol–water partition coefficient (Wildman–Crippen LogP) is 3.75. The van der Waals surface area contributed by atoms with E-state index >= 15 is 0 Å². The Morgan fingerprint density at radius 2 is 2.03 bits per heavy atom. The van der Waals surface area contributed by atoms with Gasteiger partial charge >= 0.3 is 0 Å². The van der Waals surface area contributed by atoms with E-state index in [9.17, 15) is 4.39 Å². The summed E-state index contributed by atoms with van der Waals surface area (Å²) in [6, 6.07) is 7.14. The monoisotopic (exact) mass is 400 g/mol. The largest absolute Gasteiger partial charge is 0.377 e. The summed E-state index contributed by atoms with van der Waals surface area (Å²) in [5.41, 5.74) is 1.91. The van der Waals surface area contributed by atoms with Crippen LogP contribution in [0.15, 0.2) is 30.5 Å². The fourth-order valence-corrected chi connectivity index (χ4v) is 4.60. The summed E-state index contributed by atoms with van der Waals surface area (Å²) < 4.78 is 19.8. The topological polar surface area (TPSA) is 44.4 Å². The number of likely N-dealkylation sites (tertiary alicyclic amines) is 1. The van der Waals surface area contributed by atoms with E-state index in [2.05, 4.69) is 19.8 Å². The lowest BCUT2D eigenvalue weighted by atomic mass is 9.95. The number of H-pyrrole nitrogens is 1. The summed E-state index contributed by atoms with van der Waals surface area (Å²) in [5.74, 6) is 1.62. The first-order valence-corrected chi connectivity index (χ1v) is 11.0. The van der Waals surface area contributed by atoms with E-state index in [0.29, 0.717) is 18.6 Å². The van der Waals surface area contributed by atoms with Crippen molar-refractivity contribution in [2.45, 2.75) is 51.8 Å². The van der Waals surface area contributed by atoms with E-state index in [-0.39, 0.29) is 5.82 Å². The summed E-state index contributed by atoms with van der Waals surface area (Å²) in [4.78, 5) is 12.8. The molecule has 0 amide bonds. The van der Waals surface area contributed by atoms with Gasteiger partial charge in [0.1, 0.15) is 11.6 Å². The van der Waals surface area contributed by atoms with Gasteiger partial charge in [0.25, 0.3) is 0 Å². The molecule has 6 heteroatoms. The molecular formula is C23H33FN4O. The van der Waals surface area contributed by atoms with Crippen molar-refractivity contribution in [2.24, 2.45) is 5.92 Å². The molecule has 2 saturated heterocycles. The van der Waals surface area contributed by atoms with Crippen molar-refractivity contribution < 1.29 is 9.13 Å². The Labute approximate surface area is 173 Å². The van der Waals surface area contributed by atoms with Gasteiger partial charge in [-0.25, -0.2) is 9.37 Å². The number of nitrogens with zero attached hydrogens (tertiary/aromatic N) is 3. The molecule has 0 unspecified atom stereocenters. The molecule has 2 aliphatic heterocycles. The first kappa shape index (κ1) is 20.5. The Hall–Kier alpha value is -1.76. The number of benzene rings is 1. The zero-order valence-corrected chi connectivity index (χ0v) is 17.4. The number of aryl methyl sites for hydroxylation is 1. The van der Waals surface area contributed by atoms with Crippen LogP contribution in [-0.2, 0) is 17.8 Å². The molecule has 0 saturated carbocycles. The van der Waals surface area contributed by atoms with Crippen LogP contribution in [0.1, 0.15) is 42.8 Å². The van der Waals surface area contributed by atoms with E-state index < -0.39 is 0 Å². The number of hydrogen-bond donors (Lipinski definition) is 1. The van der Waals surface area contributed by atoms with Crippen LogP contribution in [0.3, 0.4) is 0 Å². The number of hydrogen-bond acceptors (Lipinski definition) is 4. The minimum absolute atomic E-state index is 0.0916. The molecule has 0 spiro atoms. The summed E-state index contributed by atoms with van der Waals surface area (Å²) in [7, 11) is 0. The van der Waals surface area contributed by atoms with Gasteiger partial charge in [0.2, 0.25) is 0 Å². The van der Waals surface area contributed by atoms with Crippen LogP contribution in [-0.4, -0.2) is 58.7 Å². The van der Waals surface area contributed by atoms with Gasteiger partial charge in [-0.1, -0.05) is 18.2 Å². The van der Waals surface area contributed by atoms with Gasteiger partial charge in [0.05, 0.1) is 12.6 Å². The van der Waals surface area contributed by atoms with Crippen molar-refractivity contribution in [2.75, 3.05) is 32.8 Å². The highest BCUT2D eigenvalue weighted by Crippen LogP contribution is 2.23. The number of nitrogens with one attached hydrogen (secondary N) is 1. The third-order valence-corrected chi connectivity index (χ3v) is 6.19. The highest BCUT2D eigenvalue weighted by Gasteiger charge is 2.25. The molecule has 2 fully saturated rings. The quantitative estimate of drug-likeness (QED) is 0.733. The van der Waals surface area contributed by atoms with E-state index in [0.717, 1.165) is 75.7 Å². The third kappa shape index (κ3) is 5.87. The highest BCUT2D eigenvalue weighted by molar-refractivity contribution is 5.17. The molecule has 1 aromatic carbocycles. The number of halogens is 1. The van der Waals surface area contributed by atoms with E-state index in [4.69, 9.17) is 4.74 Å². The molecule has 0 radical (unpaired) electrons. The molecule has 5 nitrogen and oxygen atoms in total. The number of aromatic nitrogens is 2. The van der Waals surface area contributed by atoms with Crippen molar-refractivity contribution in [3.63, 3.8) is 0 Å². The number of imidazole rings is 1. The average Bonchev–Trinajstić information content (AvgIpc) is 3.37. The number of rotatable bonds is 8. The average molecular weight is 401 g/mol. The van der Waals surface area contributed by atoms with Gasteiger partial charge in [-0.2, -0.15) is 0 Å². The molecule has 0 bridgehead atoms. The van der Waals surface area contributed by atoms with Crippen LogP contribution < -0.4 is 0 Å². The van der Waals surface area contributed by atoms with Crippen molar-refractivity contribution in [1.29, 1.82) is 0 Å². The molecule has 1 N–H and O–H groups in total. The van der Waals surface area contributed by atoms with Gasteiger partial charge in [-0.05, 0) is 57.7 Å². The Balaban J connectivity index is 1.30. The van der Waals surface area contributed by atoms with Gasteiger partial charge in [-0.15, -0.1) is 0 Å². The molecule has 158 valence electrons. The minimum atomic E-state index is -0.0916. The molecule has 2 aliphatic rings. The molecule has 4 rings (SSSR count). The second-order valence-corrected chi connectivity index (χ2v) is 8.65. The third-order valence-electron chi connectivity index (χ3n) is 6.19. The second-order valence-electron chi connectivity index (χ2n) is 8.65. The van der Waals surface area contributed by atoms with Gasteiger partial charge in [0.15, 0.2) is 0 Å². The number of ether oxygens (including phenoxy) is 1. The van der Waals surface area contributed by atoms with E-state index in [1.165, 1.54) is 6.42 Å². The van der Waals surface area contributed by atoms with Crippen molar-refractivity contribution in [1.82, 2.24) is 19.8 Å². The maximum Gasteiger partial charge on any atom is 0.127 e. The first-order valence-electron chi connectivity index (χ1n) is 11.0. The maximum absolute atomic E-state index is 13.9. The lowest BCUT2D eigenvalue weighted by molar-refractivity contribution is 0.0560. The van der Waals surface area contributed by atoms with Crippen LogP contribution in [0.2, 0.25) is 0 Å². The zero-order chi connectivity index (χ0) is 20.1. The lowest BCUT2D eigenvalue weighted by Gasteiger charge is -2.35. The van der Waals surface area contributed by atoms with Crippen LogP contribution in [0.5, 0.6) is 0 Å². The van der Waals surface area contributed by atoms with Crippen molar-refractivity contribution in [3.8, 4) is 0 Å². The van der Waals surface area contributed by atoms with Gasteiger partial charge in [0, 0.05) is 43.7 Å². The lowest BCUT2D eigenvalue weighted by Crippen LogP contribution is -2.40. The standard InChI is InChI=1S/C23H33FN4O/c1-18-13-25-23(26-18)17-28(16-21-6-4-12-29-21)14-19-8-10-27(11-9-19)15-20-5-2-3-7-22(20)24/h2-3,5,7,13,19,21H,4,6,8-12,14-17H2,1H3,(H,25,26)/t21-/m1/s1. The minimum Gasteiger partial charge on any atom is -0.377 e. The van der Waals surface area contributed by atoms with Gasteiger partial charge in [-0.3, -0.25) is 9.80 Å². The molecular weight excluding hydrogens is 367 g/mol. The van der Waals surface area contributed by atoms with Crippen LogP contribution in [0.4, 0.5) is 4.39 Å². The smallest absolute Gasteiger partial charge is 0.127 e. The molecule has 1 aromatic heterocycles. The first-order chi connectivity index (χ1) is 14.2. The number of aromatic amines is 1. The molecule has 1 atom stereocenters. The van der Waals surface area contributed by atoms with Crippen LogP contribution >= 0.6 is 0 Å². The fraction of sp³-hybridized carbons (Fsp3) is 0.609.